The Morgan fingerprint density at radius 1 is 0.435 bits per heavy atom. The van der Waals surface area contributed by atoms with Gasteiger partial charge in [0.15, 0.2) is 0 Å². The molecule has 6 aromatic carbocycles. The number of ether oxygens (including phenoxy) is 2. The number of carbonyl (C=O) groups is 3. The van der Waals surface area contributed by atoms with Crippen LogP contribution in [-0.2, 0) is 53.3 Å². The van der Waals surface area contributed by atoms with Crippen molar-refractivity contribution in [3.63, 3.8) is 0 Å². The fourth-order valence-corrected chi connectivity index (χ4v) is 17.4. The molecule has 5 fully saturated rings. The smallest absolute Gasteiger partial charge is 0.318 e. The lowest BCUT2D eigenvalue weighted by Gasteiger charge is -2.42. The van der Waals surface area contributed by atoms with E-state index in [0.29, 0.717) is 104 Å². The number of piperazine rings is 3. The van der Waals surface area contributed by atoms with Crippen molar-refractivity contribution in [2.75, 3.05) is 193 Å². The zero-order valence-corrected chi connectivity index (χ0v) is 66.8. The average Bonchev–Trinajstić information content (AvgIpc) is 0.771. The number of likely N-dealkylation sites (N-methyl/N-ethyl adjacent to an activating group) is 1. The molecule has 0 unspecified atom stereocenters. The van der Waals surface area contributed by atoms with Crippen LogP contribution in [0.1, 0.15) is 79.2 Å². The third-order valence-corrected chi connectivity index (χ3v) is 23.6. The Labute approximate surface area is 673 Å². The highest BCUT2D eigenvalue weighted by molar-refractivity contribution is 5.98. The van der Waals surface area contributed by atoms with E-state index in [1.165, 1.54) is 62.3 Å². The molecule has 0 spiro atoms. The van der Waals surface area contributed by atoms with Crippen molar-refractivity contribution < 1.29 is 39.2 Å². The van der Waals surface area contributed by atoms with Crippen LogP contribution in [0.3, 0.4) is 0 Å². The number of piperidine rings is 2. The lowest BCUT2D eigenvalue weighted by atomic mass is 10.0. The summed E-state index contributed by atoms with van der Waals surface area (Å²) in [4.78, 5) is 92.6. The molecule has 26 nitrogen and oxygen atoms in total. The number of fused-ring (bicyclic) bond motifs is 6. The molecule has 3 N–H and O–H groups in total. The zero-order chi connectivity index (χ0) is 79.6. The minimum atomic E-state index is -0.0390. The van der Waals surface area contributed by atoms with Crippen molar-refractivity contribution >= 4 is 90.5 Å². The average molecular weight is 1560 g/mol. The van der Waals surface area contributed by atoms with Crippen LogP contribution in [0.2, 0.25) is 0 Å². The van der Waals surface area contributed by atoms with Crippen LogP contribution in [0.4, 0.5) is 40.5 Å². The van der Waals surface area contributed by atoms with E-state index < -0.39 is 0 Å². The van der Waals surface area contributed by atoms with Crippen LogP contribution in [0, 0.1) is 0 Å². The highest BCUT2D eigenvalue weighted by atomic mass is 16.5. The maximum atomic E-state index is 12.2. The molecule has 115 heavy (non-hydrogen) atoms. The van der Waals surface area contributed by atoms with Gasteiger partial charge in [-0.3, -0.25) is 19.3 Å². The summed E-state index contributed by atoms with van der Waals surface area (Å²) >= 11 is 0. The van der Waals surface area contributed by atoms with Crippen LogP contribution in [0.25, 0.3) is 32.3 Å². The summed E-state index contributed by atoms with van der Waals surface area (Å²) in [5.41, 5.74) is 9.48. The summed E-state index contributed by atoms with van der Waals surface area (Å²) in [7, 11) is 4.01. The predicted octanol–water partition coefficient (Wildman–Crippen LogP) is 10.4. The van der Waals surface area contributed by atoms with Gasteiger partial charge in [-0.1, -0.05) is 99.0 Å². The number of likely N-dealkylation sites (tertiary alicyclic amines) is 1. The second kappa shape index (κ2) is 35.9. The summed E-state index contributed by atoms with van der Waals surface area (Å²) in [6, 6.07) is 36.4. The normalized spacial score (nSPS) is 17.9. The lowest BCUT2D eigenvalue weighted by Crippen LogP contribution is -2.54. The quantitative estimate of drug-likeness (QED) is 0.0676. The molecular weight excluding hydrogens is 1450 g/mol. The molecule has 0 bridgehead atoms. The predicted molar refractivity (Wildman–Crippen MR) is 455 cm³/mol. The summed E-state index contributed by atoms with van der Waals surface area (Å²) in [6.45, 7) is 31.7. The van der Waals surface area contributed by atoms with Crippen molar-refractivity contribution in [2.24, 2.45) is 0 Å². The Hall–Kier alpha value is -11.5. The van der Waals surface area contributed by atoms with E-state index in [-0.39, 0.29) is 41.0 Å². The third-order valence-electron chi connectivity index (χ3n) is 23.6. The van der Waals surface area contributed by atoms with Gasteiger partial charge in [0, 0.05) is 192 Å². The first-order valence-electron chi connectivity index (χ1n) is 41.0. The molecule has 11 heterocycles. The van der Waals surface area contributed by atoms with Crippen LogP contribution in [0.15, 0.2) is 147 Å². The second-order valence-corrected chi connectivity index (χ2v) is 31.4. The monoisotopic (exact) mass is 1560 g/mol. The second-order valence-electron chi connectivity index (χ2n) is 31.4. The maximum absolute atomic E-state index is 12.2. The van der Waals surface area contributed by atoms with E-state index in [0.717, 1.165) is 192 Å². The number of phenolic OH excluding ortho intramolecular Hbond substituents is 3. The molecule has 9 aromatic rings. The van der Waals surface area contributed by atoms with Crippen LogP contribution in [0.5, 0.6) is 29.3 Å². The number of hydrogen-bond donors (Lipinski definition) is 3. The fourth-order valence-electron chi connectivity index (χ4n) is 17.4. The van der Waals surface area contributed by atoms with E-state index in [1.54, 1.807) is 6.07 Å². The summed E-state index contributed by atoms with van der Waals surface area (Å²) < 4.78 is 12.2. The van der Waals surface area contributed by atoms with E-state index in [9.17, 15) is 29.7 Å². The van der Waals surface area contributed by atoms with Crippen molar-refractivity contribution in [3.05, 3.63) is 181 Å². The van der Waals surface area contributed by atoms with Gasteiger partial charge >= 0.3 is 12.0 Å². The molecule has 3 amide bonds. The van der Waals surface area contributed by atoms with Gasteiger partial charge in [-0.05, 0) is 138 Å². The maximum Gasteiger partial charge on any atom is 0.318 e. The molecule has 0 radical (unpaired) electrons. The van der Waals surface area contributed by atoms with Gasteiger partial charge in [-0.25, -0.2) is 4.98 Å². The number of carbonyl (C=O) groups excluding carboxylic acids is 3. The topological polar surface area (TPSA) is 247 Å². The van der Waals surface area contributed by atoms with Crippen molar-refractivity contribution in [2.45, 2.75) is 90.4 Å². The van der Waals surface area contributed by atoms with E-state index in [4.69, 9.17) is 39.4 Å². The Balaban J connectivity index is 0.000000136. The molecular formula is C89H108N18O8. The molecule has 17 rings (SSSR count). The number of aromatic nitrogens is 6. The number of benzene rings is 6. The fraction of sp³-hybridized carbons (Fsp3) is 0.427. The van der Waals surface area contributed by atoms with Gasteiger partial charge in [0.05, 0.1) is 36.7 Å². The first-order valence-corrected chi connectivity index (χ1v) is 41.0. The Bertz CT molecular complexity index is 5030. The van der Waals surface area contributed by atoms with Crippen molar-refractivity contribution in [3.8, 4) is 29.3 Å². The van der Waals surface area contributed by atoms with E-state index >= 15 is 0 Å². The molecule has 26 heteroatoms. The minimum absolute atomic E-state index is 0.00708. The summed E-state index contributed by atoms with van der Waals surface area (Å²) in [5, 5.41) is 37.7. The molecule has 3 aromatic heterocycles. The molecule has 5 saturated heterocycles. The number of phenols is 3. The number of hydrogen-bond acceptors (Lipinski definition) is 23. The standard InChI is InChI=1S/C31H38N6O3.C29H36N6O3.C29H34N6O2/c1-2-29(39)35-14-16-36(17-15-35)30-26-10-13-37(28-21-24(38)20-23-8-4-5-9-25(23)28)22-27(26)32-31(33-30)40-19-18-34-11-6-3-7-12-34;1-5-27(37)34-12-13-35(20(2)18-34)28-24-10-11-33(19-25(24)30-29(31-28)38-15-14-32(3)4)26-17-22(36)16-21-8-6-7-9-23(21)26;1-2-27(37)32-14-16-33(17-15-32)28-24-10-13-35(26-19-22(36)18-21-8-4-5-9-23(21)26)20-25(24)30-29(31-28)34-11-6-3-7-12-34/h2,4-5,8-9,20-21,38H,1,3,6-7,10-19,22H2;5-9,16-17,20,36H,1,10-15,18-19H2,2-4H3;2,4-5,8-9,18-19,36H,1,3,6-7,10-17,20H2/t;20-;/m.0./s1. The molecule has 8 aliphatic rings. The van der Waals surface area contributed by atoms with Crippen LogP contribution < -0.4 is 43.8 Å². The van der Waals surface area contributed by atoms with Gasteiger partial charge in [-0.2, -0.15) is 24.9 Å². The van der Waals surface area contributed by atoms with Gasteiger partial charge in [-0.15, -0.1) is 0 Å². The molecule has 8 aliphatic heterocycles. The Kier molecular flexibility index (Phi) is 24.6. The molecule has 0 aliphatic carbocycles. The van der Waals surface area contributed by atoms with E-state index in [1.807, 2.05) is 114 Å². The van der Waals surface area contributed by atoms with Gasteiger partial charge in [0.25, 0.3) is 0 Å². The molecule has 602 valence electrons. The molecule has 0 saturated carbocycles. The number of nitrogens with zero attached hydrogens (tertiary/aromatic N) is 18. The number of anilines is 7. The Morgan fingerprint density at radius 2 is 0.835 bits per heavy atom. The van der Waals surface area contributed by atoms with Gasteiger partial charge < -0.3 is 78.7 Å². The van der Waals surface area contributed by atoms with Crippen molar-refractivity contribution in [1.29, 1.82) is 0 Å². The minimum Gasteiger partial charge on any atom is -0.508 e. The van der Waals surface area contributed by atoms with Crippen LogP contribution >= 0.6 is 0 Å². The Morgan fingerprint density at radius 3 is 1.29 bits per heavy atom. The number of aromatic hydroxyl groups is 3. The number of rotatable bonds is 18. The molecule has 1 atom stereocenters. The first-order chi connectivity index (χ1) is 56.0. The van der Waals surface area contributed by atoms with Gasteiger partial charge in [0.1, 0.15) is 47.9 Å². The summed E-state index contributed by atoms with van der Waals surface area (Å²) in [5.74, 6) is 4.38. The number of amides is 3. The van der Waals surface area contributed by atoms with Crippen molar-refractivity contribution in [1.82, 2.24) is 54.4 Å². The van der Waals surface area contributed by atoms with E-state index in [2.05, 4.69) is 89.0 Å². The SMILES string of the molecule is C=CC(=O)N1CCN(c2nc(N3CCCCC3)nc3c2CCN(c2cc(O)cc4ccccc24)C3)CC1.C=CC(=O)N1CCN(c2nc(OCCN(C)C)nc3c2CCN(c2cc(O)cc4ccccc24)C3)[C@@H](C)C1.C=CC(=O)N1CCN(c2nc(OCCN3CCCCC3)nc3c2CCN(c2cc(O)cc4ccccc24)C3)CC1. The third kappa shape index (κ3) is 18.0. The zero-order valence-electron chi connectivity index (χ0n) is 66.8. The lowest BCUT2D eigenvalue weighted by molar-refractivity contribution is -0.127. The largest absolute Gasteiger partial charge is 0.508 e. The highest BCUT2D eigenvalue weighted by Crippen LogP contribution is 2.42. The highest BCUT2D eigenvalue weighted by Gasteiger charge is 2.36. The first kappa shape index (κ1) is 78.8. The summed E-state index contributed by atoms with van der Waals surface area (Å²) in [6.07, 6.45) is 14.0. The van der Waals surface area contributed by atoms with Gasteiger partial charge in [0.2, 0.25) is 23.7 Å². The van der Waals surface area contributed by atoms with Crippen LogP contribution in [-0.4, -0.2) is 252 Å².